The van der Waals surface area contributed by atoms with Gasteiger partial charge in [0.25, 0.3) is 0 Å². The number of nitrogens with zero attached hydrogens (tertiary/aromatic N) is 2. The molecule has 0 aliphatic heterocycles. The first-order valence-electron chi connectivity index (χ1n) is 8.15. The van der Waals surface area contributed by atoms with Crippen molar-refractivity contribution < 1.29 is 18.0 Å². The van der Waals surface area contributed by atoms with Gasteiger partial charge in [-0.05, 0) is 6.07 Å². The van der Waals surface area contributed by atoms with Gasteiger partial charge in [-0.1, -0.05) is 32.4 Å². The summed E-state index contributed by atoms with van der Waals surface area (Å²) in [5, 5.41) is 8.16. The summed E-state index contributed by atoms with van der Waals surface area (Å²) in [5.74, 6) is -0.106. The van der Waals surface area contributed by atoms with E-state index in [1.54, 1.807) is 0 Å². The summed E-state index contributed by atoms with van der Waals surface area (Å²) >= 11 is 7.28. The second kappa shape index (κ2) is 8.43. The molecular formula is C17H20ClF3N4OS. The van der Waals surface area contributed by atoms with Gasteiger partial charge in [0.2, 0.25) is 5.91 Å². The molecule has 0 aromatic carbocycles. The number of alkyl halides is 3. The predicted molar refractivity (Wildman–Crippen MR) is 100 cm³/mol. The van der Waals surface area contributed by atoms with Crippen LogP contribution in [0.2, 0.25) is 5.02 Å². The maximum Gasteiger partial charge on any atom is 0.417 e. The van der Waals surface area contributed by atoms with Crippen molar-refractivity contribution in [3.8, 4) is 0 Å². The summed E-state index contributed by atoms with van der Waals surface area (Å²) in [6.07, 6.45) is -3.68. The Balaban J connectivity index is 1.79. The zero-order valence-electron chi connectivity index (χ0n) is 15.1. The fraction of sp³-hybridized carbons (Fsp3) is 0.471. The molecule has 1 amide bonds. The molecule has 2 aromatic heterocycles. The fourth-order valence-electron chi connectivity index (χ4n) is 2.02. The number of rotatable bonds is 6. The van der Waals surface area contributed by atoms with E-state index in [-0.39, 0.29) is 35.1 Å². The van der Waals surface area contributed by atoms with Gasteiger partial charge >= 0.3 is 6.18 Å². The molecule has 5 nitrogen and oxygen atoms in total. The first-order valence-corrected chi connectivity index (χ1v) is 9.41. The van der Waals surface area contributed by atoms with Gasteiger partial charge in [-0.25, -0.2) is 9.97 Å². The van der Waals surface area contributed by atoms with Crippen LogP contribution < -0.4 is 10.6 Å². The van der Waals surface area contributed by atoms with Crippen molar-refractivity contribution in [2.75, 3.05) is 11.9 Å². The van der Waals surface area contributed by atoms with Crippen LogP contribution in [0.4, 0.5) is 19.0 Å². The summed E-state index contributed by atoms with van der Waals surface area (Å²) in [6.45, 7) is 6.72. The van der Waals surface area contributed by atoms with Crippen molar-refractivity contribution in [1.82, 2.24) is 15.3 Å². The Hall–Kier alpha value is -1.87. The Morgan fingerprint density at radius 2 is 2.00 bits per heavy atom. The van der Waals surface area contributed by atoms with E-state index in [1.165, 1.54) is 11.3 Å². The number of hydrogen-bond acceptors (Lipinski definition) is 5. The number of thiazole rings is 1. The van der Waals surface area contributed by atoms with Crippen molar-refractivity contribution >= 4 is 34.7 Å². The highest BCUT2D eigenvalue weighted by atomic mass is 35.5. The average Bonchev–Trinajstić information content (AvgIpc) is 3.03. The van der Waals surface area contributed by atoms with Crippen LogP contribution >= 0.6 is 22.9 Å². The average molecular weight is 421 g/mol. The summed E-state index contributed by atoms with van der Waals surface area (Å²) in [5.41, 5.74) is 0.00618. The molecule has 2 rings (SSSR count). The maximum absolute atomic E-state index is 12.6. The number of amides is 1. The first-order chi connectivity index (χ1) is 12.5. The van der Waals surface area contributed by atoms with Gasteiger partial charge in [-0.2, -0.15) is 13.2 Å². The molecule has 0 spiro atoms. The SMILES string of the molecule is CC(C)(C)c1csc(CNC(=O)CCNc2ncc(C(F)(F)F)cc2Cl)n1. The molecule has 0 bridgehead atoms. The van der Waals surface area contributed by atoms with Gasteiger partial charge in [-0.3, -0.25) is 4.79 Å². The van der Waals surface area contributed by atoms with E-state index < -0.39 is 11.7 Å². The molecule has 0 aliphatic rings. The van der Waals surface area contributed by atoms with Crippen LogP contribution in [0.15, 0.2) is 17.6 Å². The number of aromatic nitrogens is 2. The first kappa shape index (κ1) is 21.4. The lowest BCUT2D eigenvalue weighted by Gasteiger charge is -2.14. The Kier molecular flexibility index (Phi) is 6.69. The van der Waals surface area contributed by atoms with Crippen LogP contribution in [-0.2, 0) is 22.9 Å². The largest absolute Gasteiger partial charge is 0.417 e. The van der Waals surface area contributed by atoms with E-state index in [0.29, 0.717) is 12.7 Å². The van der Waals surface area contributed by atoms with Crippen molar-refractivity contribution in [3.05, 3.63) is 38.9 Å². The fourth-order valence-corrected chi connectivity index (χ4v) is 3.21. The predicted octanol–water partition coefficient (Wildman–Crippen LogP) is 4.63. The summed E-state index contributed by atoms with van der Waals surface area (Å²) in [6, 6.07) is 0.798. The topological polar surface area (TPSA) is 66.9 Å². The van der Waals surface area contributed by atoms with E-state index in [2.05, 4.69) is 41.4 Å². The lowest BCUT2D eigenvalue weighted by molar-refractivity contribution is -0.137. The van der Waals surface area contributed by atoms with Gasteiger partial charge in [-0.15, -0.1) is 11.3 Å². The van der Waals surface area contributed by atoms with E-state index >= 15 is 0 Å². The van der Waals surface area contributed by atoms with Crippen LogP contribution in [0.1, 0.15) is 43.5 Å². The van der Waals surface area contributed by atoms with Gasteiger partial charge in [0.05, 0.1) is 22.8 Å². The summed E-state index contributed by atoms with van der Waals surface area (Å²) in [4.78, 5) is 20.1. The molecule has 0 saturated heterocycles. The minimum atomic E-state index is -4.50. The Bertz CT molecular complexity index is 802. The summed E-state index contributed by atoms with van der Waals surface area (Å²) < 4.78 is 37.7. The highest BCUT2D eigenvalue weighted by molar-refractivity contribution is 7.09. The molecule has 148 valence electrons. The lowest BCUT2D eigenvalue weighted by Crippen LogP contribution is -2.25. The number of anilines is 1. The number of halogens is 4. The third kappa shape index (κ3) is 6.35. The smallest absolute Gasteiger partial charge is 0.368 e. The minimum absolute atomic E-state index is 0.0450. The molecule has 10 heteroatoms. The van der Waals surface area contributed by atoms with Crippen LogP contribution in [0.3, 0.4) is 0 Å². The van der Waals surface area contributed by atoms with Crippen molar-refractivity contribution in [3.63, 3.8) is 0 Å². The van der Waals surface area contributed by atoms with Crippen LogP contribution in [-0.4, -0.2) is 22.4 Å². The zero-order valence-corrected chi connectivity index (χ0v) is 16.6. The van der Waals surface area contributed by atoms with Crippen LogP contribution in [0.5, 0.6) is 0 Å². The molecular weight excluding hydrogens is 401 g/mol. The second-order valence-electron chi connectivity index (χ2n) is 6.88. The third-order valence-electron chi connectivity index (χ3n) is 3.57. The minimum Gasteiger partial charge on any atom is -0.368 e. The number of pyridine rings is 1. The number of hydrogen-bond donors (Lipinski definition) is 2. The van der Waals surface area contributed by atoms with E-state index in [4.69, 9.17) is 11.6 Å². The van der Waals surface area contributed by atoms with Crippen molar-refractivity contribution in [1.29, 1.82) is 0 Å². The second-order valence-corrected chi connectivity index (χ2v) is 8.23. The Labute approximate surface area is 164 Å². The Morgan fingerprint density at radius 1 is 1.30 bits per heavy atom. The van der Waals surface area contributed by atoms with Crippen molar-refractivity contribution in [2.45, 2.75) is 45.3 Å². The molecule has 2 aromatic rings. The Morgan fingerprint density at radius 3 is 2.56 bits per heavy atom. The molecule has 0 aliphatic carbocycles. The number of nitrogens with one attached hydrogen (secondary N) is 2. The van der Waals surface area contributed by atoms with E-state index in [0.717, 1.165) is 16.8 Å². The quantitative estimate of drug-likeness (QED) is 0.715. The normalized spacial score (nSPS) is 12.1. The number of carbonyl (C=O) groups is 1. The molecule has 27 heavy (non-hydrogen) atoms. The molecule has 0 unspecified atom stereocenters. The zero-order chi connectivity index (χ0) is 20.2. The number of carbonyl (C=O) groups excluding carboxylic acids is 1. The molecule has 2 heterocycles. The van der Waals surface area contributed by atoms with Crippen LogP contribution in [0.25, 0.3) is 0 Å². The van der Waals surface area contributed by atoms with Gasteiger partial charge in [0, 0.05) is 30.0 Å². The monoisotopic (exact) mass is 420 g/mol. The highest BCUT2D eigenvalue weighted by Crippen LogP contribution is 2.32. The van der Waals surface area contributed by atoms with E-state index in [1.807, 2.05) is 5.38 Å². The standard InChI is InChI=1S/C17H20ClF3N4OS/c1-16(2,3)12-9-27-14(25-12)8-23-13(26)4-5-22-15-11(18)6-10(7-24-15)17(19,20)21/h6-7,9H,4-5,8H2,1-3H3,(H,22,24)(H,23,26). The van der Waals surface area contributed by atoms with Gasteiger partial charge in [0.15, 0.2) is 0 Å². The summed E-state index contributed by atoms with van der Waals surface area (Å²) in [7, 11) is 0. The molecule has 0 saturated carbocycles. The lowest BCUT2D eigenvalue weighted by atomic mass is 9.93. The third-order valence-corrected chi connectivity index (χ3v) is 4.71. The van der Waals surface area contributed by atoms with E-state index in [9.17, 15) is 18.0 Å². The molecule has 0 atom stereocenters. The molecule has 2 N–H and O–H groups in total. The van der Waals surface area contributed by atoms with Gasteiger partial charge in [0.1, 0.15) is 10.8 Å². The molecule has 0 radical (unpaired) electrons. The van der Waals surface area contributed by atoms with Gasteiger partial charge < -0.3 is 10.6 Å². The highest BCUT2D eigenvalue weighted by Gasteiger charge is 2.31. The van der Waals surface area contributed by atoms with Crippen molar-refractivity contribution in [2.24, 2.45) is 0 Å². The maximum atomic E-state index is 12.6. The van der Waals surface area contributed by atoms with Crippen LogP contribution in [0, 0.1) is 0 Å². The molecule has 0 fully saturated rings.